The van der Waals surface area contributed by atoms with E-state index in [1.54, 1.807) is 63.2 Å². The van der Waals surface area contributed by atoms with Crippen LogP contribution in [0.25, 0.3) is 0 Å². The molecule has 0 atom stereocenters. The summed E-state index contributed by atoms with van der Waals surface area (Å²) in [5, 5.41) is 6.11. The van der Waals surface area contributed by atoms with Crippen LogP contribution in [0.4, 0.5) is 5.69 Å². The van der Waals surface area contributed by atoms with Crippen molar-refractivity contribution in [3.63, 3.8) is 0 Å². The summed E-state index contributed by atoms with van der Waals surface area (Å²) in [5.74, 6) is -0.398. The molecule has 1 amide bonds. The van der Waals surface area contributed by atoms with Gasteiger partial charge in [0.25, 0.3) is 0 Å². The first kappa shape index (κ1) is 19.1. The number of ketones is 1. The van der Waals surface area contributed by atoms with Crippen LogP contribution in [-0.4, -0.2) is 16.8 Å². The van der Waals surface area contributed by atoms with Gasteiger partial charge in [0.1, 0.15) is 0 Å². The highest BCUT2D eigenvalue weighted by Crippen LogP contribution is 2.24. The van der Waals surface area contributed by atoms with Gasteiger partial charge >= 0.3 is 0 Å². The summed E-state index contributed by atoms with van der Waals surface area (Å²) in [6, 6.07) is 13.8. The van der Waals surface area contributed by atoms with Gasteiger partial charge in [-0.3, -0.25) is 9.59 Å². The van der Waals surface area contributed by atoms with E-state index < -0.39 is 5.41 Å². The molecule has 0 aliphatic rings. The Bertz CT molecular complexity index is 814. The highest BCUT2D eigenvalue weighted by molar-refractivity contribution is 7.80. The fraction of sp³-hybridized carbons (Fsp3) is 0.211. The second-order valence-corrected chi connectivity index (χ2v) is 7.39. The van der Waals surface area contributed by atoms with Crippen LogP contribution in [0.3, 0.4) is 0 Å². The Morgan fingerprint density at radius 3 is 2.28 bits per heavy atom. The molecule has 0 aromatic heterocycles. The van der Waals surface area contributed by atoms with E-state index in [1.165, 1.54) is 0 Å². The summed E-state index contributed by atoms with van der Waals surface area (Å²) in [7, 11) is 0. The van der Waals surface area contributed by atoms with E-state index >= 15 is 0 Å². The van der Waals surface area contributed by atoms with Crippen molar-refractivity contribution in [1.82, 2.24) is 5.32 Å². The lowest BCUT2D eigenvalue weighted by Crippen LogP contribution is -2.41. The highest BCUT2D eigenvalue weighted by Gasteiger charge is 2.22. The number of thiocarbonyl (C=S) groups is 1. The van der Waals surface area contributed by atoms with Crippen molar-refractivity contribution in [3.8, 4) is 0 Å². The molecule has 2 aromatic rings. The Labute approximate surface area is 157 Å². The Kier molecular flexibility index (Phi) is 5.93. The van der Waals surface area contributed by atoms with E-state index in [1.807, 2.05) is 6.07 Å². The second kappa shape index (κ2) is 7.76. The molecule has 2 rings (SSSR count). The molecule has 0 aliphatic carbocycles. The topological polar surface area (TPSA) is 58.2 Å². The summed E-state index contributed by atoms with van der Waals surface area (Å²) in [6.07, 6.45) is 0. The van der Waals surface area contributed by atoms with Gasteiger partial charge in [0, 0.05) is 21.6 Å². The van der Waals surface area contributed by atoms with Gasteiger partial charge in [0.15, 0.2) is 10.9 Å². The van der Waals surface area contributed by atoms with Gasteiger partial charge in [0.05, 0.1) is 5.69 Å². The maximum absolute atomic E-state index is 12.8. The average Bonchev–Trinajstić information content (AvgIpc) is 2.55. The Hall–Kier alpha value is -2.24. The van der Waals surface area contributed by atoms with Crippen LogP contribution in [0.1, 0.15) is 36.7 Å². The molecule has 0 saturated heterocycles. The molecular weight excluding hydrogens is 356 g/mol. The molecule has 0 saturated carbocycles. The SMILES string of the molecule is CC(C)(C)C(=O)NC(=S)Nc1ccc(Cl)cc1C(=O)c1ccccc1. The third-order valence-electron chi connectivity index (χ3n) is 3.42. The highest BCUT2D eigenvalue weighted by atomic mass is 35.5. The number of anilines is 1. The molecule has 0 bridgehead atoms. The van der Waals surface area contributed by atoms with Crippen molar-refractivity contribution < 1.29 is 9.59 Å². The number of carbonyl (C=O) groups is 2. The first-order valence-corrected chi connectivity index (χ1v) is 8.49. The third kappa shape index (κ3) is 5.11. The Morgan fingerprint density at radius 1 is 1.04 bits per heavy atom. The lowest BCUT2D eigenvalue weighted by Gasteiger charge is -2.19. The lowest BCUT2D eigenvalue weighted by atomic mass is 9.96. The number of amides is 1. The van der Waals surface area contributed by atoms with E-state index in [9.17, 15) is 9.59 Å². The molecule has 0 fully saturated rings. The Balaban J connectivity index is 2.26. The predicted molar refractivity (Wildman–Crippen MR) is 105 cm³/mol. The summed E-state index contributed by atoms with van der Waals surface area (Å²) < 4.78 is 0. The summed E-state index contributed by atoms with van der Waals surface area (Å²) in [6.45, 7) is 5.37. The van der Waals surface area contributed by atoms with Crippen LogP contribution in [0.5, 0.6) is 0 Å². The van der Waals surface area contributed by atoms with Crippen molar-refractivity contribution in [2.75, 3.05) is 5.32 Å². The molecule has 130 valence electrons. The summed E-state index contributed by atoms with van der Waals surface area (Å²) >= 11 is 11.2. The minimum Gasteiger partial charge on any atom is -0.332 e. The molecule has 0 radical (unpaired) electrons. The monoisotopic (exact) mass is 374 g/mol. The van der Waals surface area contributed by atoms with Crippen molar-refractivity contribution in [3.05, 3.63) is 64.7 Å². The minimum absolute atomic E-state index is 0.129. The van der Waals surface area contributed by atoms with Crippen LogP contribution in [0, 0.1) is 5.41 Å². The van der Waals surface area contributed by atoms with Gasteiger partial charge < -0.3 is 10.6 Å². The second-order valence-electron chi connectivity index (χ2n) is 6.54. The standard InChI is InChI=1S/C19H19ClN2O2S/c1-19(2,3)17(24)22-18(25)21-15-10-9-13(20)11-14(15)16(23)12-7-5-4-6-8-12/h4-11H,1-3H3,(H2,21,22,24,25). The third-order valence-corrected chi connectivity index (χ3v) is 3.86. The largest absolute Gasteiger partial charge is 0.332 e. The molecule has 0 heterocycles. The van der Waals surface area contributed by atoms with E-state index in [4.69, 9.17) is 23.8 Å². The van der Waals surface area contributed by atoms with Crippen LogP contribution in [0.15, 0.2) is 48.5 Å². The molecule has 2 aromatic carbocycles. The number of halogens is 1. The van der Waals surface area contributed by atoms with E-state index in [0.29, 0.717) is 21.8 Å². The zero-order valence-corrected chi connectivity index (χ0v) is 15.8. The maximum atomic E-state index is 12.8. The van der Waals surface area contributed by atoms with Crippen LogP contribution in [0.2, 0.25) is 5.02 Å². The number of benzene rings is 2. The minimum atomic E-state index is -0.575. The number of hydrogen-bond donors (Lipinski definition) is 2. The quantitative estimate of drug-likeness (QED) is 0.616. The first-order valence-electron chi connectivity index (χ1n) is 7.70. The normalized spacial score (nSPS) is 10.9. The van der Waals surface area contributed by atoms with Crippen molar-refractivity contribution >= 4 is 46.3 Å². The molecule has 0 spiro atoms. The van der Waals surface area contributed by atoms with Gasteiger partial charge in [-0.05, 0) is 30.4 Å². The molecular formula is C19H19ClN2O2S. The van der Waals surface area contributed by atoms with Crippen molar-refractivity contribution in [2.45, 2.75) is 20.8 Å². The van der Waals surface area contributed by atoms with Gasteiger partial charge in [-0.2, -0.15) is 0 Å². The Morgan fingerprint density at radius 2 is 1.68 bits per heavy atom. The number of carbonyl (C=O) groups excluding carboxylic acids is 2. The fourth-order valence-corrected chi connectivity index (χ4v) is 2.38. The van der Waals surface area contributed by atoms with Gasteiger partial charge in [0.2, 0.25) is 5.91 Å². The molecule has 25 heavy (non-hydrogen) atoms. The molecule has 0 aliphatic heterocycles. The first-order chi connectivity index (χ1) is 11.7. The molecule has 6 heteroatoms. The smallest absolute Gasteiger partial charge is 0.231 e. The number of nitrogens with one attached hydrogen (secondary N) is 2. The molecule has 2 N–H and O–H groups in total. The lowest BCUT2D eigenvalue weighted by molar-refractivity contribution is -0.126. The summed E-state index contributed by atoms with van der Waals surface area (Å²) in [4.78, 5) is 24.8. The molecule has 4 nitrogen and oxygen atoms in total. The van der Waals surface area contributed by atoms with Crippen LogP contribution >= 0.6 is 23.8 Å². The molecule has 0 unspecified atom stereocenters. The maximum Gasteiger partial charge on any atom is 0.231 e. The zero-order valence-electron chi connectivity index (χ0n) is 14.2. The number of rotatable bonds is 3. The average molecular weight is 375 g/mol. The zero-order chi connectivity index (χ0) is 18.6. The van der Waals surface area contributed by atoms with Crippen LogP contribution < -0.4 is 10.6 Å². The van der Waals surface area contributed by atoms with E-state index in [0.717, 1.165) is 0 Å². The van der Waals surface area contributed by atoms with Gasteiger partial charge in [-0.1, -0.05) is 62.7 Å². The van der Waals surface area contributed by atoms with Crippen molar-refractivity contribution in [1.29, 1.82) is 0 Å². The van der Waals surface area contributed by atoms with Crippen molar-refractivity contribution in [2.24, 2.45) is 5.41 Å². The summed E-state index contributed by atoms with van der Waals surface area (Å²) in [5.41, 5.74) is 0.829. The van der Waals surface area contributed by atoms with Gasteiger partial charge in [-0.25, -0.2) is 0 Å². The van der Waals surface area contributed by atoms with Crippen LogP contribution in [-0.2, 0) is 4.79 Å². The van der Waals surface area contributed by atoms with Gasteiger partial charge in [-0.15, -0.1) is 0 Å². The predicted octanol–water partition coefficient (Wildman–Crippen LogP) is 4.43. The number of hydrogen-bond acceptors (Lipinski definition) is 3. The van der Waals surface area contributed by atoms with E-state index in [2.05, 4.69) is 10.6 Å². The van der Waals surface area contributed by atoms with E-state index in [-0.39, 0.29) is 16.8 Å². The fourth-order valence-electron chi connectivity index (χ4n) is 2.00.